The number of halogens is 2. The Balaban J connectivity index is 2.13. The molecular weight excluding hydrogens is 344 g/mol. The van der Waals surface area contributed by atoms with Crippen molar-refractivity contribution in [1.82, 2.24) is 0 Å². The van der Waals surface area contributed by atoms with Gasteiger partial charge in [-0.2, -0.15) is 0 Å². The normalized spacial score (nSPS) is 14.3. The first-order chi connectivity index (χ1) is 12.3. The van der Waals surface area contributed by atoms with Gasteiger partial charge in [-0.25, -0.2) is 13.6 Å². The lowest BCUT2D eigenvalue weighted by molar-refractivity contribution is -0.133. The first kappa shape index (κ1) is 17.6. The average Bonchev–Trinajstić information content (AvgIpc) is 2.69. The molecule has 0 atom stereocenters. The number of benzene rings is 2. The second kappa shape index (κ2) is 6.59. The number of hydrogen-bond donors (Lipinski definition) is 2. The summed E-state index contributed by atoms with van der Waals surface area (Å²) in [6, 6.07) is 8.12. The van der Waals surface area contributed by atoms with E-state index in [2.05, 4.69) is 0 Å². The molecule has 134 valence electrons. The summed E-state index contributed by atoms with van der Waals surface area (Å²) in [6.07, 6.45) is -0.608. The number of amides is 1. The van der Waals surface area contributed by atoms with Gasteiger partial charge in [0.25, 0.3) is 0 Å². The third kappa shape index (κ3) is 3.03. The van der Waals surface area contributed by atoms with Crippen molar-refractivity contribution in [3.05, 3.63) is 70.3 Å². The molecule has 1 amide bonds. The van der Waals surface area contributed by atoms with Gasteiger partial charge in [0.15, 0.2) is 0 Å². The molecule has 1 aliphatic heterocycles. The van der Waals surface area contributed by atoms with Crippen LogP contribution in [0, 0.1) is 18.6 Å². The fourth-order valence-electron chi connectivity index (χ4n) is 2.86. The van der Waals surface area contributed by atoms with Gasteiger partial charge in [0, 0.05) is 5.56 Å². The molecule has 0 saturated heterocycles. The predicted octanol–water partition coefficient (Wildman–Crippen LogP) is 3.56. The summed E-state index contributed by atoms with van der Waals surface area (Å²) in [5.41, 5.74) is -0.00332. The monoisotopic (exact) mass is 359 g/mol. The summed E-state index contributed by atoms with van der Waals surface area (Å²) < 4.78 is 28.3. The van der Waals surface area contributed by atoms with Crippen LogP contribution in [0.2, 0.25) is 0 Å². The van der Waals surface area contributed by atoms with E-state index in [1.54, 1.807) is 13.0 Å². The molecule has 5 nitrogen and oxygen atoms in total. The summed E-state index contributed by atoms with van der Waals surface area (Å²) in [5, 5.41) is 19.5. The Hall–Kier alpha value is -3.22. The van der Waals surface area contributed by atoms with Crippen LogP contribution < -0.4 is 4.90 Å². The number of rotatable bonds is 3. The van der Waals surface area contributed by atoms with Crippen LogP contribution in [0.5, 0.6) is 0 Å². The van der Waals surface area contributed by atoms with Crippen LogP contribution in [0.1, 0.15) is 23.1 Å². The molecule has 0 aliphatic carbocycles. The van der Waals surface area contributed by atoms with E-state index in [1.165, 1.54) is 24.3 Å². The zero-order valence-corrected chi connectivity index (χ0v) is 13.8. The van der Waals surface area contributed by atoms with E-state index in [9.17, 15) is 28.6 Å². The van der Waals surface area contributed by atoms with Gasteiger partial charge in [0.2, 0.25) is 5.91 Å². The Kier molecular flexibility index (Phi) is 4.46. The lowest BCUT2D eigenvalue weighted by atomic mass is 10.1. The molecule has 2 N–H and O–H groups in total. The molecular formula is C19H15F2NO4. The van der Waals surface area contributed by atoms with Crippen LogP contribution in [0.15, 0.2) is 42.0 Å². The average molecular weight is 359 g/mol. The quantitative estimate of drug-likeness (QED) is 0.878. The molecule has 0 bridgehead atoms. The number of carbonyl (C=O) groups excluding carboxylic acids is 1. The zero-order chi connectivity index (χ0) is 19.0. The van der Waals surface area contributed by atoms with E-state index in [0.717, 1.165) is 11.0 Å². The fourth-order valence-corrected chi connectivity index (χ4v) is 2.86. The lowest BCUT2D eigenvalue weighted by Crippen LogP contribution is -2.31. The van der Waals surface area contributed by atoms with Crippen LogP contribution in [0.25, 0.3) is 5.76 Å². The van der Waals surface area contributed by atoms with Crippen molar-refractivity contribution in [3.8, 4) is 0 Å². The van der Waals surface area contributed by atoms with Gasteiger partial charge in [-0.15, -0.1) is 0 Å². The highest BCUT2D eigenvalue weighted by atomic mass is 19.1. The standard InChI is InChI=1S/C19H15F2NO4/c1-10-5-6-11(7-15(10)21)9-22-16(23)8-13(19(25)26)18(24)12-3-2-4-14(20)17(12)22/h2-7,24H,8-9H2,1H3,(H,25,26). The highest BCUT2D eigenvalue weighted by Crippen LogP contribution is 2.36. The molecule has 0 fully saturated rings. The Morgan fingerprint density at radius 1 is 1.19 bits per heavy atom. The van der Waals surface area contributed by atoms with Crippen LogP contribution in [0.4, 0.5) is 14.5 Å². The maximum absolute atomic E-state index is 14.5. The Labute approximate surface area is 147 Å². The van der Waals surface area contributed by atoms with E-state index in [-0.39, 0.29) is 17.8 Å². The number of fused-ring (bicyclic) bond motifs is 1. The largest absolute Gasteiger partial charge is 0.507 e. The Morgan fingerprint density at radius 3 is 2.58 bits per heavy atom. The van der Waals surface area contributed by atoms with Crippen LogP contribution >= 0.6 is 0 Å². The minimum Gasteiger partial charge on any atom is -0.507 e. The predicted molar refractivity (Wildman–Crippen MR) is 90.5 cm³/mol. The van der Waals surface area contributed by atoms with Crippen molar-refractivity contribution in [2.24, 2.45) is 0 Å². The van der Waals surface area contributed by atoms with Gasteiger partial charge < -0.3 is 15.1 Å². The second-order valence-corrected chi connectivity index (χ2v) is 6.01. The van der Waals surface area contributed by atoms with Gasteiger partial charge in [-0.05, 0) is 36.2 Å². The van der Waals surface area contributed by atoms with E-state index in [1.807, 2.05) is 0 Å². The molecule has 0 radical (unpaired) electrons. The summed E-state index contributed by atoms with van der Waals surface area (Å²) in [7, 11) is 0. The van der Waals surface area contributed by atoms with Crippen molar-refractivity contribution >= 4 is 23.3 Å². The van der Waals surface area contributed by atoms with Crippen molar-refractivity contribution in [3.63, 3.8) is 0 Å². The summed E-state index contributed by atoms with van der Waals surface area (Å²) in [5.74, 6) is -4.08. The van der Waals surface area contributed by atoms with Crippen molar-refractivity contribution < 1.29 is 28.6 Å². The molecule has 0 saturated carbocycles. The van der Waals surface area contributed by atoms with Gasteiger partial charge in [-0.1, -0.05) is 18.2 Å². The molecule has 2 aromatic rings. The molecule has 0 aromatic heterocycles. The number of carbonyl (C=O) groups is 2. The molecule has 0 spiro atoms. The third-order valence-corrected chi connectivity index (χ3v) is 4.26. The second-order valence-electron chi connectivity index (χ2n) is 6.01. The van der Waals surface area contributed by atoms with Crippen molar-refractivity contribution in [2.45, 2.75) is 19.9 Å². The van der Waals surface area contributed by atoms with Crippen molar-refractivity contribution in [1.29, 1.82) is 0 Å². The minimum atomic E-state index is -1.46. The van der Waals surface area contributed by atoms with Crippen LogP contribution in [-0.4, -0.2) is 22.1 Å². The lowest BCUT2D eigenvalue weighted by Gasteiger charge is -2.24. The minimum absolute atomic E-state index is 0.0965. The number of aliphatic hydroxyl groups is 1. The number of para-hydroxylation sites is 1. The maximum atomic E-state index is 14.5. The first-order valence-corrected chi connectivity index (χ1v) is 7.79. The fraction of sp³-hybridized carbons (Fsp3) is 0.158. The number of carboxylic acids is 1. The number of aliphatic carboxylic acids is 1. The van der Waals surface area contributed by atoms with E-state index in [4.69, 9.17) is 0 Å². The first-order valence-electron chi connectivity index (χ1n) is 7.79. The van der Waals surface area contributed by atoms with E-state index >= 15 is 0 Å². The smallest absolute Gasteiger partial charge is 0.335 e. The number of nitrogens with zero attached hydrogens (tertiary/aromatic N) is 1. The molecule has 1 aliphatic rings. The Bertz CT molecular complexity index is 953. The molecule has 3 rings (SSSR count). The van der Waals surface area contributed by atoms with Gasteiger partial charge >= 0.3 is 5.97 Å². The summed E-state index contributed by atoms with van der Waals surface area (Å²) >= 11 is 0. The third-order valence-electron chi connectivity index (χ3n) is 4.26. The summed E-state index contributed by atoms with van der Waals surface area (Å²) in [4.78, 5) is 25.0. The van der Waals surface area contributed by atoms with E-state index < -0.39 is 41.3 Å². The molecule has 2 aromatic carbocycles. The number of aryl methyl sites for hydroxylation is 1. The van der Waals surface area contributed by atoms with E-state index in [0.29, 0.717) is 11.1 Å². The Morgan fingerprint density at radius 2 is 1.92 bits per heavy atom. The topological polar surface area (TPSA) is 77.8 Å². The number of carboxylic acid groups (broad SMARTS) is 1. The van der Waals surface area contributed by atoms with Crippen molar-refractivity contribution in [2.75, 3.05) is 4.90 Å². The SMILES string of the molecule is Cc1ccc(CN2C(=O)CC(C(=O)O)=C(O)c3cccc(F)c32)cc1F. The van der Waals surface area contributed by atoms with Crippen LogP contribution in [-0.2, 0) is 16.1 Å². The highest BCUT2D eigenvalue weighted by molar-refractivity contribution is 6.08. The number of hydrogen-bond acceptors (Lipinski definition) is 3. The maximum Gasteiger partial charge on any atom is 0.335 e. The zero-order valence-electron chi connectivity index (χ0n) is 13.8. The summed E-state index contributed by atoms with van der Waals surface area (Å²) in [6.45, 7) is 1.43. The highest BCUT2D eigenvalue weighted by Gasteiger charge is 2.32. The number of aliphatic hydroxyl groups excluding tert-OH is 1. The molecule has 1 heterocycles. The molecule has 0 unspecified atom stereocenters. The van der Waals surface area contributed by atoms with Gasteiger partial charge in [0.05, 0.1) is 24.2 Å². The number of anilines is 1. The van der Waals surface area contributed by atoms with Crippen LogP contribution in [0.3, 0.4) is 0 Å². The van der Waals surface area contributed by atoms with Gasteiger partial charge in [0.1, 0.15) is 17.4 Å². The molecule has 7 heteroatoms. The van der Waals surface area contributed by atoms with Gasteiger partial charge in [-0.3, -0.25) is 4.79 Å². The molecule has 26 heavy (non-hydrogen) atoms.